The Labute approximate surface area is 215 Å². The van der Waals surface area contributed by atoms with Gasteiger partial charge in [-0.25, -0.2) is 18.7 Å². The number of carbonyl (C=O) groups is 1. The standard InChI is InChI=1S/C24H23ClFN5O6/c1-27-20(32)10-19-28-22-21(23(29-19)36-4)30-24(33)31(22)15-9-18(17(35-3)8-13(15)25)37-11-12-14(26)6-5-7-16(12)34-2/h5-9H,10-11H2,1-4H3,(H,27,32)(H,30,33). The Hall–Kier alpha value is -4.32. The molecule has 0 radical (unpaired) electrons. The van der Waals surface area contributed by atoms with E-state index >= 15 is 0 Å². The van der Waals surface area contributed by atoms with E-state index in [0.29, 0.717) is 5.75 Å². The van der Waals surface area contributed by atoms with E-state index in [1.807, 2.05) is 0 Å². The second-order valence-corrected chi connectivity index (χ2v) is 8.03. The van der Waals surface area contributed by atoms with Gasteiger partial charge in [-0.2, -0.15) is 4.98 Å². The fraction of sp³-hybridized carbons (Fsp3) is 0.250. The first kappa shape index (κ1) is 25.8. The van der Waals surface area contributed by atoms with Crippen molar-refractivity contribution in [2.75, 3.05) is 28.4 Å². The number of hydrogen-bond donors (Lipinski definition) is 2. The van der Waals surface area contributed by atoms with Gasteiger partial charge in [0.2, 0.25) is 11.8 Å². The van der Waals surface area contributed by atoms with Crippen LogP contribution >= 0.6 is 11.6 Å². The molecule has 0 fully saturated rings. The van der Waals surface area contributed by atoms with Gasteiger partial charge in [0.1, 0.15) is 29.5 Å². The smallest absolute Gasteiger partial charge is 0.332 e. The highest BCUT2D eigenvalue weighted by molar-refractivity contribution is 6.32. The molecule has 0 atom stereocenters. The van der Waals surface area contributed by atoms with E-state index in [2.05, 4.69) is 20.3 Å². The Morgan fingerprint density at radius 1 is 1.11 bits per heavy atom. The number of nitrogens with one attached hydrogen (secondary N) is 2. The SMILES string of the molecule is CNC(=O)Cc1nc(OC)c2[nH]c(=O)n(-c3cc(OCc4c(F)cccc4OC)c(OC)cc3Cl)c2n1. The van der Waals surface area contributed by atoms with Gasteiger partial charge in [-0.3, -0.25) is 9.78 Å². The van der Waals surface area contributed by atoms with Crippen LogP contribution in [0.5, 0.6) is 23.1 Å². The molecule has 2 aromatic heterocycles. The van der Waals surface area contributed by atoms with Crippen molar-refractivity contribution in [3.63, 3.8) is 0 Å². The second-order valence-electron chi connectivity index (χ2n) is 7.63. The highest BCUT2D eigenvalue weighted by Gasteiger charge is 2.22. The molecule has 11 nitrogen and oxygen atoms in total. The number of benzene rings is 2. The van der Waals surface area contributed by atoms with Crippen LogP contribution in [0.3, 0.4) is 0 Å². The molecule has 0 bridgehead atoms. The van der Waals surface area contributed by atoms with Crippen molar-refractivity contribution in [3.05, 3.63) is 63.0 Å². The summed E-state index contributed by atoms with van der Waals surface area (Å²) in [5.41, 5.74) is 0.140. The van der Waals surface area contributed by atoms with Gasteiger partial charge in [-0.15, -0.1) is 0 Å². The molecule has 0 saturated heterocycles. The van der Waals surface area contributed by atoms with E-state index in [-0.39, 0.29) is 69.6 Å². The molecule has 0 saturated carbocycles. The lowest BCUT2D eigenvalue weighted by atomic mass is 10.2. The van der Waals surface area contributed by atoms with Gasteiger partial charge >= 0.3 is 5.69 Å². The van der Waals surface area contributed by atoms with E-state index in [9.17, 15) is 14.0 Å². The molecule has 2 heterocycles. The summed E-state index contributed by atoms with van der Waals surface area (Å²) < 4.78 is 37.4. The number of nitrogens with zero attached hydrogens (tertiary/aromatic N) is 3. The van der Waals surface area contributed by atoms with Crippen molar-refractivity contribution in [3.8, 4) is 28.8 Å². The molecule has 4 aromatic rings. The normalized spacial score (nSPS) is 10.9. The number of likely N-dealkylation sites (N-methyl/N-ethyl adjacent to an activating group) is 1. The minimum Gasteiger partial charge on any atom is -0.496 e. The lowest BCUT2D eigenvalue weighted by Gasteiger charge is -2.16. The summed E-state index contributed by atoms with van der Waals surface area (Å²) in [5, 5.41) is 2.64. The molecule has 0 aliphatic heterocycles. The number of aromatic nitrogens is 4. The number of rotatable bonds is 9. The van der Waals surface area contributed by atoms with Crippen LogP contribution in [0.4, 0.5) is 4.39 Å². The summed E-state index contributed by atoms with van der Waals surface area (Å²) in [6.45, 7) is -0.192. The molecule has 4 rings (SSSR count). The highest BCUT2D eigenvalue weighted by atomic mass is 35.5. The number of H-pyrrole nitrogens is 1. The Morgan fingerprint density at radius 3 is 2.54 bits per heavy atom. The minimum atomic E-state index is -0.589. The Morgan fingerprint density at radius 2 is 1.86 bits per heavy atom. The summed E-state index contributed by atoms with van der Waals surface area (Å²) in [5.74, 6) is 0.120. The number of fused-ring (bicyclic) bond motifs is 1. The summed E-state index contributed by atoms with van der Waals surface area (Å²) in [6.07, 6.45) is -0.142. The third-order valence-electron chi connectivity index (χ3n) is 5.48. The van der Waals surface area contributed by atoms with Crippen LogP contribution in [0, 0.1) is 5.82 Å². The zero-order valence-corrected chi connectivity index (χ0v) is 21.1. The quantitative estimate of drug-likeness (QED) is 0.337. The fourth-order valence-corrected chi connectivity index (χ4v) is 3.91. The summed E-state index contributed by atoms with van der Waals surface area (Å²) in [6, 6.07) is 7.36. The number of methoxy groups -OCH3 is 3. The second kappa shape index (κ2) is 10.7. The average molecular weight is 532 g/mol. The van der Waals surface area contributed by atoms with Gasteiger partial charge in [0.15, 0.2) is 17.1 Å². The zero-order valence-electron chi connectivity index (χ0n) is 20.3. The van der Waals surface area contributed by atoms with Gasteiger partial charge in [-0.1, -0.05) is 17.7 Å². The summed E-state index contributed by atoms with van der Waals surface area (Å²) in [4.78, 5) is 36.2. The van der Waals surface area contributed by atoms with Gasteiger partial charge in [0, 0.05) is 19.2 Å². The van der Waals surface area contributed by atoms with Crippen molar-refractivity contribution >= 4 is 28.7 Å². The van der Waals surface area contributed by atoms with E-state index in [1.54, 1.807) is 6.07 Å². The predicted octanol–water partition coefficient (Wildman–Crippen LogP) is 2.79. The molecule has 0 aliphatic carbocycles. The van der Waals surface area contributed by atoms with Crippen molar-refractivity contribution in [2.24, 2.45) is 0 Å². The Bertz CT molecular complexity index is 1540. The largest absolute Gasteiger partial charge is 0.496 e. The number of ether oxygens (including phenoxy) is 4. The topological polar surface area (TPSA) is 130 Å². The molecule has 2 N–H and O–H groups in total. The number of carbonyl (C=O) groups excluding carboxylic acids is 1. The third-order valence-corrected chi connectivity index (χ3v) is 5.79. The number of imidazole rings is 1. The van der Waals surface area contributed by atoms with Crippen molar-refractivity contribution in [1.29, 1.82) is 0 Å². The van der Waals surface area contributed by atoms with Crippen LogP contribution in [-0.2, 0) is 17.8 Å². The van der Waals surface area contributed by atoms with Crippen LogP contribution in [0.25, 0.3) is 16.9 Å². The van der Waals surface area contributed by atoms with E-state index < -0.39 is 11.5 Å². The Balaban J connectivity index is 1.83. The van der Waals surface area contributed by atoms with Gasteiger partial charge in [0.25, 0.3) is 0 Å². The molecular weight excluding hydrogens is 509 g/mol. The number of halogens is 2. The molecule has 0 unspecified atom stereocenters. The molecule has 0 aliphatic rings. The van der Waals surface area contributed by atoms with Gasteiger partial charge < -0.3 is 24.3 Å². The molecular formula is C24H23ClFN5O6. The van der Waals surface area contributed by atoms with Crippen LogP contribution in [-0.4, -0.2) is 53.8 Å². The van der Waals surface area contributed by atoms with Gasteiger partial charge in [-0.05, 0) is 12.1 Å². The minimum absolute atomic E-state index is 0.0764. The first-order valence-electron chi connectivity index (χ1n) is 10.9. The van der Waals surface area contributed by atoms with Crippen LogP contribution in [0.15, 0.2) is 35.1 Å². The van der Waals surface area contributed by atoms with Crippen molar-refractivity contribution in [2.45, 2.75) is 13.0 Å². The van der Waals surface area contributed by atoms with E-state index in [4.69, 9.17) is 30.5 Å². The average Bonchev–Trinajstić information content (AvgIpc) is 3.22. The first-order chi connectivity index (χ1) is 17.8. The maximum Gasteiger partial charge on any atom is 0.332 e. The maximum atomic E-state index is 14.4. The van der Waals surface area contributed by atoms with E-state index in [1.165, 1.54) is 57.2 Å². The molecule has 194 valence electrons. The molecule has 2 aromatic carbocycles. The lowest BCUT2D eigenvalue weighted by Crippen LogP contribution is -2.21. The lowest BCUT2D eigenvalue weighted by molar-refractivity contribution is -0.120. The van der Waals surface area contributed by atoms with Crippen molar-refractivity contribution in [1.82, 2.24) is 24.8 Å². The maximum absolute atomic E-state index is 14.4. The molecule has 0 spiro atoms. The summed E-state index contributed by atoms with van der Waals surface area (Å²) >= 11 is 6.53. The van der Waals surface area contributed by atoms with Crippen LogP contribution < -0.4 is 30.0 Å². The number of amides is 1. The Kier molecular flexibility index (Phi) is 7.48. The molecule has 37 heavy (non-hydrogen) atoms. The van der Waals surface area contributed by atoms with Crippen LogP contribution in [0.1, 0.15) is 11.4 Å². The molecule has 1 amide bonds. The van der Waals surface area contributed by atoms with Gasteiger partial charge in [0.05, 0.1) is 44.0 Å². The van der Waals surface area contributed by atoms with Crippen LogP contribution in [0.2, 0.25) is 5.02 Å². The number of aromatic amines is 1. The highest BCUT2D eigenvalue weighted by Crippen LogP contribution is 2.37. The summed E-state index contributed by atoms with van der Waals surface area (Å²) in [7, 11) is 5.71. The molecule has 13 heteroatoms. The fourth-order valence-electron chi connectivity index (χ4n) is 3.67. The van der Waals surface area contributed by atoms with E-state index in [0.717, 1.165) is 0 Å². The van der Waals surface area contributed by atoms with Crippen molar-refractivity contribution < 1.29 is 28.1 Å². The predicted molar refractivity (Wildman–Crippen MR) is 133 cm³/mol. The number of hydrogen-bond acceptors (Lipinski definition) is 8. The third kappa shape index (κ3) is 5.00. The first-order valence-corrected chi connectivity index (χ1v) is 11.3. The zero-order chi connectivity index (χ0) is 26.7. The monoisotopic (exact) mass is 531 g/mol.